The normalized spacial score (nSPS) is 15.3. The van der Waals surface area contributed by atoms with Crippen LogP contribution in [0.15, 0.2) is 0 Å². The van der Waals surface area contributed by atoms with E-state index < -0.39 is 19.8 Å². The Morgan fingerprint density at radius 3 is 2.10 bits per heavy atom. The first-order chi connectivity index (χ1) is 4.45. The molecule has 0 saturated carbocycles. The van der Waals surface area contributed by atoms with E-state index in [1.54, 1.807) is 0 Å². The number of halogens is 5. The minimum Gasteiger partial charge on any atom is -0.294 e. The van der Waals surface area contributed by atoms with E-state index in [4.69, 9.17) is 0 Å². The van der Waals surface area contributed by atoms with Crippen LogP contribution in [-0.2, 0) is 9.47 Å². The van der Waals surface area contributed by atoms with Crippen LogP contribution in [-0.4, -0.2) is 19.8 Å². The van der Waals surface area contributed by atoms with Crippen LogP contribution in [0, 0.1) is 0 Å². The van der Waals surface area contributed by atoms with Crippen molar-refractivity contribution in [3.8, 4) is 0 Å². The van der Waals surface area contributed by atoms with E-state index in [0.717, 1.165) is 0 Å². The van der Waals surface area contributed by atoms with Crippen molar-refractivity contribution in [2.75, 3.05) is 6.86 Å². The molecule has 0 aliphatic carbocycles. The van der Waals surface area contributed by atoms with Gasteiger partial charge >= 0.3 is 12.9 Å². The van der Waals surface area contributed by atoms with Gasteiger partial charge in [-0.3, -0.25) is 4.74 Å². The Labute approximate surface area is 52.5 Å². The highest BCUT2D eigenvalue weighted by Gasteiger charge is 2.34. The molecule has 0 heterocycles. The second kappa shape index (κ2) is 3.67. The van der Waals surface area contributed by atoms with E-state index in [-0.39, 0.29) is 0 Å². The Hall–Kier alpha value is -0.430. The van der Waals surface area contributed by atoms with Crippen LogP contribution in [0.4, 0.5) is 22.0 Å². The molecule has 0 aromatic heterocycles. The van der Waals surface area contributed by atoms with Gasteiger partial charge in [0.2, 0.25) is 0 Å². The molecule has 0 aromatic rings. The largest absolute Gasteiger partial charge is 0.526 e. The van der Waals surface area contributed by atoms with Crippen molar-refractivity contribution < 1.29 is 31.4 Å². The number of hydrogen-bond donors (Lipinski definition) is 0. The van der Waals surface area contributed by atoms with Crippen LogP contribution < -0.4 is 0 Å². The molecule has 7 heteroatoms. The molecule has 0 aliphatic heterocycles. The molecule has 0 bridgehead atoms. The summed E-state index contributed by atoms with van der Waals surface area (Å²) in [6, 6.07) is 0. The van der Waals surface area contributed by atoms with Crippen LogP contribution in [0.5, 0.6) is 0 Å². The van der Waals surface area contributed by atoms with Gasteiger partial charge in [-0.05, 0) is 0 Å². The van der Waals surface area contributed by atoms with E-state index in [1.807, 2.05) is 0 Å². The van der Waals surface area contributed by atoms with Crippen LogP contribution in [0.1, 0.15) is 0 Å². The van der Waals surface area contributed by atoms with Gasteiger partial charge in [0.1, 0.15) is 0 Å². The highest BCUT2D eigenvalue weighted by atomic mass is 19.4. The smallest absolute Gasteiger partial charge is 0.294 e. The van der Waals surface area contributed by atoms with Crippen molar-refractivity contribution >= 4 is 0 Å². The SMILES string of the molecule is FCOC(F)OC(F)(F)F. The number of rotatable bonds is 3. The minimum atomic E-state index is -5.14. The average molecular weight is 166 g/mol. The second-order valence-electron chi connectivity index (χ2n) is 1.11. The summed E-state index contributed by atoms with van der Waals surface area (Å²) in [7, 11) is 0. The van der Waals surface area contributed by atoms with Crippen molar-refractivity contribution in [1.29, 1.82) is 0 Å². The standard InChI is InChI=1S/C3H3F5O2/c4-1-9-2(5)10-3(6,7)8/h2H,1H2. The van der Waals surface area contributed by atoms with E-state index >= 15 is 0 Å². The van der Waals surface area contributed by atoms with Crippen LogP contribution in [0.3, 0.4) is 0 Å². The van der Waals surface area contributed by atoms with E-state index in [1.165, 1.54) is 0 Å². The minimum absolute atomic E-state index is 1.67. The summed E-state index contributed by atoms with van der Waals surface area (Å²) in [6.07, 6.45) is -5.14. The number of hydrogen-bond acceptors (Lipinski definition) is 2. The van der Waals surface area contributed by atoms with Gasteiger partial charge in [-0.2, -0.15) is 4.39 Å². The zero-order valence-electron chi connectivity index (χ0n) is 4.49. The maximum absolute atomic E-state index is 11.5. The molecule has 1 atom stereocenters. The van der Waals surface area contributed by atoms with Gasteiger partial charge in [-0.15, -0.1) is 13.2 Å². The lowest BCUT2D eigenvalue weighted by atomic mass is 11.2. The molecule has 2 nitrogen and oxygen atoms in total. The quantitative estimate of drug-likeness (QED) is 0.469. The number of alkyl halides is 5. The first-order valence-electron chi connectivity index (χ1n) is 2.02. The first kappa shape index (κ1) is 9.57. The summed E-state index contributed by atoms with van der Waals surface area (Å²) in [6.45, 7) is -4.76. The predicted molar refractivity (Wildman–Crippen MR) is 19.1 cm³/mol. The zero-order chi connectivity index (χ0) is 8.20. The lowest BCUT2D eigenvalue weighted by Gasteiger charge is -2.09. The van der Waals surface area contributed by atoms with E-state index in [0.29, 0.717) is 0 Å². The van der Waals surface area contributed by atoms with E-state index in [9.17, 15) is 22.0 Å². The van der Waals surface area contributed by atoms with Crippen molar-refractivity contribution in [2.24, 2.45) is 0 Å². The molecule has 0 radical (unpaired) electrons. The molecule has 0 fully saturated rings. The van der Waals surface area contributed by atoms with Crippen molar-refractivity contribution in [2.45, 2.75) is 12.9 Å². The highest BCUT2D eigenvalue weighted by molar-refractivity contribution is 4.24. The molecule has 10 heavy (non-hydrogen) atoms. The Kier molecular flexibility index (Phi) is 3.51. The molecule has 0 saturated heterocycles. The molecule has 62 valence electrons. The predicted octanol–water partition coefficient (Wildman–Crippen LogP) is 1.72. The fraction of sp³-hybridized carbons (Fsp3) is 1.00. The van der Waals surface area contributed by atoms with Crippen LogP contribution >= 0.6 is 0 Å². The third kappa shape index (κ3) is 5.70. The van der Waals surface area contributed by atoms with Crippen molar-refractivity contribution in [3.63, 3.8) is 0 Å². The molecule has 0 spiro atoms. The summed E-state index contributed by atoms with van der Waals surface area (Å²) < 4.78 is 61.0. The molecule has 1 unspecified atom stereocenters. The molecule has 0 amide bonds. The maximum atomic E-state index is 11.5. The summed E-state index contributed by atoms with van der Waals surface area (Å²) in [5.41, 5.74) is 0. The topological polar surface area (TPSA) is 18.5 Å². The Balaban J connectivity index is 3.47. The third-order valence-corrected chi connectivity index (χ3v) is 0.420. The summed E-state index contributed by atoms with van der Waals surface area (Å²) in [5.74, 6) is 0. The van der Waals surface area contributed by atoms with Gasteiger partial charge in [0.05, 0.1) is 0 Å². The molecular weight excluding hydrogens is 163 g/mol. The van der Waals surface area contributed by atoms with Gasteiger partial charge in [-0.25, -0.2) is 9.13 Å². The second-order valence-corrected chi connectivity index (χ2v) is 1.11. The highest BCUT2D eigenvalue weighted by Crippen LogP contribution is 2.19. The molecule has 0 rings (SSSR count). The molecule has 0 aliphatic rings. The van der Waals surface area contributed by atoms with Gasteiger partial charge in [0.15, 0.2) is 6.86 Å². The Morgan fingerprint density at radius 1 is 1.30 bits per heavy atom. The molecular formula is C3H3F5O2. The Morgan fingerprint density at radius 2 is 1.80 bits per heavy atom. The van der Waals surface area contributed by atoms with Gasteiger partial charge in [0.25, 0.3) is 0 Å². The first-order valence-corrected chi connectivity index (χ1v) is 2.02. The fourth-order valence-electron chi connectivity index (χ4n) is 0.189. The Bertz CT molecular complexity index is 91.4. The van der Waals surface area contributed by atoms with Crippen LogP contribution in [0.2, 0.25) is 0 Å². The third-order valence-electron chi connectivity index (χ3n) is 0.420. The number of ether oxygens (including phenoxy) is 2. The van der Waals surface area contributed by atoms with Gasteiger partial charge < -0.3 is 0 Å². The fourth-order valence-corrected chi connectivity index (χ4v) is 0.189. The molecule has 0 N–H and O–H groups in total. The lowest BCUT2D eigenvalue weighted by Crippen LogP contribution is -2.22. The van der Waals surface area contributed by atoms with Gasteiger partial charge in [0, 0.05) is 0 Å². The zero-order valence-corrected chi connectivity index (χ0v) is 4.49. The summed E-state index contributed by atoms with van der Waals surface area (Å²) >= 11 is 0. The van der Waals surface area contributed by atoms with Crippen molar-refractivity contribution in [1.82, 2.24) is 0 Å². The maximum Gasteiger partial charge on any atom is 0.526 e. The summed E-state index contributed by atoms with van der Waals surface area (Å²) in [5, 5.41) is 0. The average Bonchev–Trinajstić information content (AvgIpc) is 1.59. The summed E-state index contributed by atoms with van der Waals surface area (Å²) in [4.78, 5) is 0. The monoisotopic (exact) mass is 166 g/mol. The van der Waals surface area contributed by atoms with Gasteiger partial charge in [-0.1, -0.05) is 0 Å². The molecule has 0 aromatic carbocycles. The van der Waals surface area contributed by atoms with Crippen molar-refractivity contribution in [3.05, 3.63) is 0 Å². The lowest BCUT2D eigenvalue weighted by molar-refractivity contribution is -0.408. The van der Waals surface area contributed by atoms with Crippen LogP contribution in [0.25, 0.3) is 0 Å². The van der Waals surface area contributed by atoms with E-state index in [2.05, 4.69) is 9.47 Å².